The summed E-state index contributed by atoms with van der Waals surface area (Å²) < 4.78 is 1.62. The number of hydrogen-bond acceptors (Lipinski definition) is 6. The maximum Gasteiger partial charge on any atom is 0.277 e. The van der Waals surface area contributed by atoms with Gasteiger partial charge in [0.25, 0.3) is 5.91 Å². The molecule has 0 radical (unpaired) electrons. The lowest BCUT2D eigenvalue weighted by Gasteiger charge is -2.44. The second-order valence-electron chi connectivity index (χ2n) is 10.7. The Balaban J connectivity index is 1.34. The highest BCUT2D eigenvalue weighted by atomic mass is 32.2. The fourth-order valence-corrected chi connectivity index (χ4v) is 7.38. The lowest BCUT2D eigenvalue weighted by Crippen LogP contribution is -2.55. The molecule has 8 heteroatoms. The smallest absolute Gasteiger partial charge is 0.277 e. The van der Waals surface area contributed by atoms with E-state index >= 15 is 0 Å². The number of pyridine rings is 1. The standard InChI is InChI=1S/C29H29N3O4S/c33-22-6-3-4-19-15-37-24-7-2-1-5-20(24)26(25(19)22)32-16-30(12-10-18-14-21(18)17-8-9-17)29(36)27-28(35)23(34)11-13-31(27)32/h1-7,11,13,17-18,21,26,33,35H,8-10,12,14-16H2/t18-,21+,26-/m1/s1. The Morgan fingerprint density at radius 3 is 2.68 bits per heavy atom. The first-order chi connectivity index (χ1) is 18.0. The van der Waals surface area contributed by atoms with Gasteiger partial charge >= 0.3 is 0 Å². The molecule has 37 heavy (non-hydrogen) atoms. The quantitative estimate of drug-likeness (QED) is 0.523. The minimum Gasteiger partial charge on any atom is -0.508 e. The zero-order chi connectivity index (χ0) is 25.3. The van der Waals surface area contributed by atoms with Crippen molar-refractivity contribution in [2.75, 3.05) is 18.2 Å². The summed E-state index contributed by atoms with van der Waals surface area (Å²) in [7, 11) is 0. The summed E-state index contributed by atoms with van der Waals surface area (Å²) in [6.07, 6.45) is 6.41. The van der Waals surface area contributed by atoms with E-state index in [4.69, 9.17) is 0 Å². The molecule has 2 saturated carbocycles. The molecule has 0 unspecified atom stereocenters. The topological polar surface area (TPSA) is 86.0 Å². The molecular weight excluding hydrogens is 486 g/mol. The van der Waals surface area contributed by atoms with Gasteiger partial charge in [-0.1, -0.05) is 30.3 Å². The number of amides is 1. The molecule has 7 nitrogen and oxygen atoms in total. The molecule has 2 fully saturated rings. The number of fused-ring (bicyclic) bond motifs is 3. The van der Waals surface area contributed by atoms with E-state index in [9.17, 15) is 19.8 Å². The van der Waals surface area contributed by atoms with Crippen LogP contribution in [0.5, 0.6) is 11.5 Å². The van der Waals surface area contributed by atoms with E-state index in [1.807, 2.05) is 29.3 Å². The van der Waals surface area contributed by atoms with Crippen LogP contribution in [0.4, 0.5) is 0 Å². The van der Waals surface area contributed by atoms with Gasteiger partial charge in [0.1, 0.15) is 18.5 Å². The Labute approximate surface area is 219 Å². The summed E-state index contributed by atoms with van der Waals surface area (Å²) in [4.78, 5) is 28.9. The van der Waals surface area contributed by atoms with Gasteiger partial charge in [0, 0.05) is 35.0 Å². The highest BCUT2D eigenvalue weighted by Gasteiger charge is 2.47. The number of rotatable bonds is 5. The highest BCUT2D eigenvalue weighted by molar-refractivity contribution is 7.98. The van der Waals surface area contributed by atoms with Gasteiger partial charge in [-0.15, -0.1) is 11.8 Å². The maximum atomic E-state index is 13.6. The van der Waals surface area contributed by atoms with Gasteiger partial charge in [0.15, 0.2) is 11.4 Å². The number of aromatic hydroxyl groups is 2. The molecule has 2 aliphatic heterocycles. The third kappa shape index (κ3) is 3.81. The molecule has 2 aromatic carbocycles. The Hall–Kier alpha value is -3.39. The summed E-state index contributed by atoms with van der Waals surface area (Å²) in [6.45, 7) is 0.856. The van der Waals surface area contributed by atoms with E-state index in [1.165, 1.54) is 25.3 Å². The first kappa shape index (κ1) is 22.8. The third-order valence-electron chi connectivity index (χ3n) is 8.45. The third-order valence-corrected chi connectivity index (χ3v) is 9.59. The monoisotopic (exact) mass is 515 g/mol. The van der Waals surface area contributed by atoms with Crippen molar-refractivity contribution in [3.63, 3.8) is 0 Å². The van der Waals surface area contributed by atoms with Crippen LogP contribution in [0.2, 0.25) is 0 Å². The van der Waals surface area contributed by atoms with E-state index in [1.54, 1.807) is 33.6 Å². The van der Waals surface area contributed by atoms with Crippen LogP contribution in [0.15, 0.2) is 64.4 Å². The van der Waals surface area contributed by atoms with Crippen LogP contribution in [-0.2, 0) is 5.75 Å². The predicted octanol–water partition coefficient (Wildman–Crippen LogP) is 4.44. The summed E-state index contributed by atoms with van der Waals surface area (Å²) in [6, 6.07) is 14.6. The molecular formula is C29H29N3O4S. The summed E-state index contributed by atoms with van der Waals surface area (Å²) in [5, 5.41) is 23.9. The van der Waals surface area contributed by atoms with Crippen molar-refractivity contribution in [3.05, 3.63) is 87.3 Å². The Bertz CT molecular complexity index is 1470. The van der Waals surface area contributed by atoms with E-state index in [0.29, 0.717) is 18.2 Å². The predicted molar refractivity (Wildman–Crippen MR) is 141 cm³/mol. The molecule has 1 aromatic heterocycles. The fourth-order valence-electron chi connectivity index (χ4n) is 6.29. The second kappa shape index (κ2) is 8.58. The number of nitrogens with zero attached hydrogens (tertiary/aromatic N) is 3. The van der Waals surface area contributed by atoms with Crippen molar-refractivity contribution < 1.29 is 15.0 Å². The number of phenols is 1. The van der Waals surface area contributed by atoms with Crippen molar-refractivity contribution in [3.8, 4) is 11.5 Å². The zero-order valence-corrected chi connectivity index (χ0v) is 21.2. The van der Waals surface area contributed by atoms with Gasteiger partial charge in [-0.25, -0.2) is 0 Å². The first-order valence-electron chi connectivity index (χ1n) is 13.0. The number of hydrogen-bond donors (Lipinski definition) is 2. The normalized spacial score (nSPS) is 24.2. The minimum atomic E-state index is -0.572. The van der Waals surface area contributed by atoms with Gasteiger partial charge in [-0.05, 0) is 66.7 Å². The second-order valence-corrected chi connectivity index (χ2v) is 11.8. The number of carbonyl (C=O) groups excluding carboxylic acids is 1. The van der Waals surface area contributed by atoms with Gasteiger partial charge in [0.2, 0.25) is 5.43 Å². The molecule has 0 saturated heterocycles. The van der Waals surface area contributed by atoms with Crippen molar-refractivity contribution >= 4 is 17.7 Å². The number of thioether (sulfide) groups is 1. The number of benzene rings is 2. The molecule has 1 amide bonds. The Morgan fingerprint density at radius 2 is 1.84 bits per heavy atom. The number of aromatic nitrogens is 1. The van der Waals surface area contributed by atoms with Crippen molar-refractivity contribution in [2.45, 2.75) is 42.4 Å². The van der Waals surface area contributed by atoms with Crippen LogP contribution in [0, 0.1) is 17.8 Å². The molecule has 3 atom stereocenters. The van der Waals surface area contributed by atoms with E-state index < -0.39 is 17.2 Å². The molecule has 0 bridgehead atoms. The van der Waals surface area contributed by atoms with Crippen molar-refractivity contribution in [2.24, 2.45) is 17.8 Å². The van der Waals surface area contributed by atoms with Crippen molar-refractivity contribution in [1.82, 2.24) is 9.58 Å². The van der Waals surface area contributed by atoms with Gasteiger partial charge in [0.05, 0.1) is 0 Å². The Morgan fingerprint density at radius 1 is 1.00 bits per heavy atom. The van der Waals surface area contributed by atoms with Gasteiger partial charge in [-0.2, -0.15) is 0 Å². The SMILES string of the molecule is O=C1c2c(O)c(=O)ccn2N([C@@H]2c3ccccc3SCc3cccc(O)c32)CN1CC[C@@H]1C[C@H]1C1CC1. The summed E-state index contributed by atoms with van der Waals surface area (Å²) in [5.74, 6) is 2.37. The average molecular weight is 516 g/mol. The Kier molecular flexibility index (Phi) is 5.29. The van der Waals surface area contributed by atoms with Crippen LogP contribution in [0.3, 0.4) is 0 Å². The number of carbonyl (C=O) groups is 1. The lowest BCUT2D eigenvalue weighted by molar-refractivity contribution is 0.0673. The maximum absolute atomic E-state index is 13.6. The minimum absolute atomic E-state index is 0.0142. The summed E-state index contributed by atoms with van der Waals surface area (Å²) >= 11 is 1.72. The van der Waals surface area contributed by atoms with E-state index in [-0.39, 0.29) is 24.0 Å². The highest BCUT2D eigenvalue weighted by Crippen LogP contribution is 2.55. The molecule has 3 heterocycles. The summed E-state index contributed by atoms with van der Waals surface area (Å²) in [5.41, 5.74) is 2.24. The van der Waals surface area contributed by atoms with E-state index in [2.05, 4.69) is 12.1 Å². The first-order valence-corrected chi connectivity index (χ1v) is 14.0. The van der Waals surface area contributed by atoms with Crippen LogP contribution in [-0.4, -0.2) is 38.9 Å². The molecule has 2 aliphatic carbocycles. The molecule has 4 aliphatic rings. The molecule has 7 rings (SSSR count). The fraction of sp³-hybridized carbons (Fsp3) is 0.379. The van der Waals surface area contributed by atoms with Crippen LogP contribution in [0.1, 0.15) is 58.9 Å². The molecule has 3 aromatic rings. The zero-order valence-electron chi connectivity index (χ0n) is 20.4. The van der Waals surface area contributed by atoms with E-state index in [0.717, 1.165) is 39.8 Å². The molecule has 2 N–H and O–H groups in total. The lowest BCUT2D eigenvalue weighted by atomic mass is 9.93. The molecule has 0 spiro atoms. The van der Waals surface area contributed by atoms with Gasteiger partial charge in [-0.3, -0.25) is 19.3 Å². The largest absolute Gasteiger partial charge is 0.508 e. The number of phenolic OH excluding ortho intramolecular Hbond substituents is 1. The average Bonchev–Trinajstić information content (AvgIpc) is 3.80. The van der Waals surface area contributed by atoms with Crippen LogP contribution < -0.4 is 10.4 Å². The van der Waals surface area contributed by atoms with Crippen molar-refractivity contribution in [1.29, 1.82) is 0 Å². The van der Waals surface area contributed by atoms with Crippen LogP contribution in [0.25, 0.3) is 0 Å². The molecule has 190 valence electrons. The van der Waals surface area contributed by atoms with Gasteiger partial charge < -0.3 is 15.1 Å². The van der Waals surface area contributed by atoms with Crippen LogP contribution >= 0.6 is 11.8 Å².